The molecule has 0 aromatic rings. The molecule has 0 bridgehead atoms. The van der Waals surface area contributed by atoms with Gasteiger partial charge in [-0.15, -0.1) is 0 Å². The van der Waals surface area contributed by atoms with Crippen LogP contribution in [0.4, 0.5) is 0 Å². The van der Waals surface area contributed by atoms with Crippen LogP contribution in [0.15, 0.2) is 0 Å². The van der Waals surface area contributed by atoms with E-state index in [9.17, 15) is 0 Å². The van der Waals surface area contributed by atoms with Gasteiger partial charge in [0.25, 0.3) is 0 Å². The average molecular weight is 398 g/mol. The van der Waals surface area contributed by atoms with E-state index in [2.05, 4.69) is 34.6 Å². The fraction of sp³-hybridized carbons (Fsp3) is 0.500. The van der Waals surface area contributed by atoms with Crippen molar-refractivity contribution in [2.75, 3.05) is 0 Å². The molecule has 0 aromatic carbocycles. The van der Waals surface area contributed by atoms with Crippen molar-refractivity contribution < 1.29 is 15.7 Å². The standard InChI is InChI=1S/C10H15.2ClH.Ir/c1-6-7(2)9(4)10(5)8(6)3;;;/h1-5H3;2*1H;/q;;;+3/p-2. The second-order valence-electron chi connectivity index (χ2n) is 3.17. The van der Waals surface area contributed by atoms with Crippen LogP contribution in [-0.2, 0) is 15.7 Å². The maximum absolute atomic E-state index is 4.89. The van der Waals surface area contributed by atoms with Crippen molar-refractivity contribution in [3.8, 4) is 0 Å². The first kappa shape index (κ1) is 14.2. The van der Waals surface area contributed by atoms with E-state index < -0.39 is 15.7 Å². The van der Waals surface area contributed by atoms with Gasteiger partial charge in [-0.25, -0.2) is 0 Å². The molecule has 0 aliphatic heterocycles. The van der Waals surface area contributed by atoms with Crippen LogP contribution in [0, 0.1) is 29.6 Å². The molecule has 0 spiro atoms. The molecule has 13 heavy (non-hydrogen) atoms. The number of rotatable bonds is 0. The Morgan fingerprint density at radius 1 is 0.615 bits per heavy atom. The van der Waals surface area contributed by atoms with Gasteiger partial charge in [-0.2, -0.15) is 0 Å². The van der Waals surface area contributed by atoms with Crippen molar-refractivity contribution in [2.24, 2.45) is 0 Å². The molecule has 1 aliphatic rings. The minimum atomic E-state index is -0.556. The molecule has 0 aromatic heterocycles. The second kappa shape index (κ2) is 6.67. The van der Waals surface area contributed by atoms with Gasteiger partial charge in [0, 0.05) is 0 Å². The fourth-order valence-corrected chi connectivity index (χ4v) is 1.41. The topological polar surface area (TPSA) is 0 Å². The predicted molar refractivity (Wildman–Crippen MR) is 56.3 cm³/mol. The third-order valence-electron chi connectivity index (χ3n) is 2.81. The van der Waals surface area contributed by atoms with Gasteiger partial charge >= 0.3 is 34.8 Å². The summed E-state index contributed by atoms with van der Waals surface area (Å²) in [4.78, 5) is 0. The van der Waals surface area contributed by atoms with E-state index in [0.717, 1.165) is 0 Å². The summed E-state index contributed by atoms with van der Waals surface area (Å²) in [6.07, 6.45) is 0. The van der Waals surface area contributed by atoms with Gasteiger partial charge in [-0.05, 0) is 29.6 Å². The zero-order valence-electron chi connectivity index (χ0n) is 8.59. The molecule has 1 saturated carbocycles. The van der Waals surface area contributed by atoms with E-state index in [4.69, 9.17) is 19.2 Å². The molecular weight excluding hydrogens is 383 g/mol. The van der Waals surface area contributed by atoms with Crippen molar-refractivity contribution >= 4 is 19.2 Å². The molecule has 5 radical (unpaired) electrons. The minimum absolute atomic E-state index is 0.556. The first-order valence-electron chi connectivity index (χ1n) is 4.00. The Hall–Kier alpha value is 1.23. The molecular formula is C10H15Cl2Ir+. The molecule has 0 heterocycles. The second-order valence-corrected chi connectivity index (χ2v) is 6.63. The Morgan fingerprint density at radius 2 is 0.692 bits per heavy atom. The summed E-state index contributed by atoms with van der Waals surface area (Å²) in [7, 11) is 9.78. The Labute approximate surface area is 98.7 Å². The first-order chi connectivity index (χ1) is 5.97. The van der Waals surface area contributed by atoms with Crippen molar-refractivity contribution in [1.29, 1.82) is 0 Å². The first-order valence-corrected chi connectivity index (χ1v) is 9.94. The summed E-state index contributed by atoms with van der Waals surface area (Å²) in [5.41, 5.74) is 0. The Balaban J connectivity index is 0.000000424. The van der Waals surface area contributed by atoms with Crippen LogP contribution < -0.4 is 0 Å². The van der Waals surface area contributed by atoms with Gasteiger partial charge in [-0.1, -0.05) is 34.6 Å². The van der Waals surface area contributed by atoms with E-state index in [-0.39, 0.29) is 0 Å². The van der Waals surface area contributed by atoms with Crippen LogP contribution in [-0.4, -0.2) is 0 Å². The van der Waals surface area contributed by atoms with E-state index in [1.54, 1.807) is 0 Å². The summed E-state index contributed by atoms with van der Waals surface area (Å²) in [6, 6.07) is 0. The predicted octanol–water partition coefficient (Wildman–Crippen LogP) is 4.35. The van der Waals surface area contributed by atoms with Crippen molar-refractivity contribution in [1.82, 2.24) is 0 Å². The van der Waals surface area contributed by atoms with Crippen LogP contribution >= 0.6 is 19.2 Å². The quantitative estimate of drug-likeness (QED) is 0.569. The van der Waals surface area contributed by atoms with Gasteiger partial charge in [0.2, 0.25) is 0 Å². The molecule has 3 heteroatoms. The normalized spacial score (nSPS) is 23.6. The Morgan fingerprint density at radius 3 is 0.769 bits per heavy atom. The average Bonchev–Trinajstić information content (AvgIpc) is 2.25. The van der Waals surface area contributed by atoms with Crippen LogP contribution in [0.25, 0.3) is 0 Å². The molecule has 0 N–H and O–H groups in total. The van der Waals surface area contributed by atoms with E-state index >= 15 is 0 Å². The number of halogens is 2. The van der Waals surface area contributed by atoms with Crippen LogP contribution in [0.2, 0.25) is 0 Å². The fourth-order valence-electron chi connectivity index (χ4n) is 1.41. The van der Waals surface area contributed by atoms with Gasteiger partial charge in [0.15, 0.2) is 0 Å². The van der Waals surface area contributed by atoms with Crippen molar-refractivity contribution in [3.63, 3.8) is 0 Å². The van der Waals surface area contributed by atoms with Gasteiger partial charge in [0.1, 0.15) is 0 Å². The van der Waals surface area contributed by atoms with Crippen LogP contribution in [0.3, 0.4) is 0 Å². The molecule has 77 valence electrons. The number of hydrogen-bond donors (Lipinski definition) is 0. The van der Waals surface area contributed by atoms with Gasteiger partial charge in [-0.3, -0.25) is 0 Å². The Bertz CT molecular complexity index is 96.1. The molecule has 1 rings (SSSR count). The summed E-state index contributed by atoms with van der Waals surface area (Å²) in [5, 5.41) is 0. The monoisotopic (exact) mass is 398 g/mol. The van der Waals surface area contributed by atoms with Crippen molar-refractivity contribution in [3.05, 3.63) is 29.6 Å². The van der Waals surface area contributed by atoms with E-state index in [1.807, 2.05) is 0 Å². The summed E-state index contributed by atoms with van der Waals surface area (Å²) >= 11 is -0.556. The molecule has 1 aliphatic carbocycles. The Kier molecular flexibility index (Phi) is 7.30. The molecule has 0 atom stereocenters. The van der Waals surface area contributed by atoms with Gasteiger partial charge < -0.3 is 0 Å². The zero-order chi connectivity index (χ0) is 10.6. The third kappa shape index (κ3) is 3.70. The third-order valence-corrected chi connectivity index (χ3v) is 2.81. The van der Waals surface area contributed by atoms with E-state index in [0.29, 0.717) is 0 Å². The number of hydrogen-bond acceptors (Lipinski definition) is 0. The zero-order valence-corrected chi connectivity index (χ0v) is 12.5. The maximum atomic E-state index is 4.89. The molecule has 0 nitrogen and oxygen atoms in total. The van der Waals surface area contributed by atoms with Gasteiger partial charge in [0.05, 0.1) is 0 Å². The molecule has 0 saturated heterocycles. The SMILES string of the molecule is C[C]1[C](C)[C](C)[C](C)[C]1C.[Cl][Ir+][Cl]. The summed E-state index contributed by atoms with van der Waals surface area (Å²) < 4.78 is 0. The molecule has 0 unspecified atom stereocenters. The van der Waals surface area contributed by atoms with Crippen molar-refractivity contribution in [2.45, 2.75) is 34.6 Å². The van der Waals surface area contributed by atoms with Crippen LogP contribution in [0.1, 0.15) is 34.6 Å². The van der Waals surface area contributed by atoms with Crippen LogP contribution in [0.5, 0.6) is 0 Å². The molecule has 0 amide bonds. The summed E-state index contributed by atoms with van der Waals surface area (Å²) in [5.74, 6) is 7.34. The van der Waals surface area contributed by atoms with E-state index in [1.165, 1.54) is 29.6 Å². The molecule has 1 fully saturated rings. The summed E-state index contributed by atoms with van der Waals surface area (Å²) in [6.45, 7) is 11.0.